The van der Waals surface area contributed by atoms with E-state index in [-0.39, 0.29) is 34.8 Å². The zero-order chi connectivity index (χ0) is 25.0. The largest absolute Gasteiger partial charge is 0.376 e. The second-order valence-electron chi connectivity index (χ2n) is 10.6. The van der Waals surface area contributed by atoms with E-state index >= 15 is 0 Å². The van der Waals surface area contributed by atoms with Crippen LogP contribution in [0.3, 0.4) is 0 Å². The molecule has 0 spiro atoms. The monoisotopic (exact) mass is 501 g/mol. The molecular weight excluding hydrogens is 462 g/mol. The van der Waals surface area contributed by atoms with Gasteiger partial charge >= 0.3 is 0 Å². The smallest absolute Gasteiger partial charge is 0.228 e. The van der Waals surface area contributed by atoms with Gasteiger partial charge in [-0.15, -0.1) is 0 Å². The summed E-state index contributed by atoms with van der Waals surface area (Å²) in [6.07, 6.45) is 7.72. The molecular formula is C27H39N3O4S. The Kier molecular flexibility index (Phi) is 8.32. The highest BCUT2D eigenvalue weighted by Gasteiger charge is 2.32. The summed E-state index contributed by atoms with van der Waals surface area (Å²) in [6, 6.07) is 7.57. The molecule has 1 atom stereocenters. The lowest BCUT2D eigenvalue weighted by atomic mass is 10.1. The lowest BCUT2D eigenvalue weighted by Crippen LogP contribution is -2.40. The summed E-state index contributed by atoms with van der Waals surface area (Å²) in [5.74, 6) is 0.360. The van der Waals surface area contributed by atoms with Crippen molar-refractivity contribution in [1.82, 2.24) is 14.5 Å². The number of carbonyl (C=O) groups excluding carboxylic acids is 1. The van der Waals surface area contributed by atoms with Gasteiger partial charge in [-0.25, -0.2) is 13.4 Å². The van der Waals surface area contributed by atoms with Crippen molar-refractivity contribution in [3.05, 3.63) is 47.3 Å². The van der Waals surface area contributed by atoms with E-state index in [0.717, 1.165) is 62.0 Å². The Bertz CT molecular complexity index is 1110. The number of hydrogen-bond donors (Lipinski definition) is 0. The Labute approximate surface area is 209 Å². The van der Waals surface area contributed by atoms with Crippen LogP contribution in [-0.2, 0) is 38.2 Å². The molecule has 7 nitrogen and oxygen atoms in total. The van der Waals surface area contributed by atoms with Gasteiger partial charge in [-0.05, 0) is 44.1 Å². The molecule has 8 heteroatoms. The third kappa shape index (κ3) is 6.53. The molecule has 2 heterocycles. The topological polar surface area (TPSA) is 81.5 Å². The van der Waals surface area contributed by atoms with Gasteiger partial charge in [0.1, 0.15) is 0 Å². The lowest BCUT2D eigenvalue weighted by Gasteiger charge is -2.28. The van der Waals surface area contributed by atoms with Crippen molar-refractivity contribution in [2.45, 2.75) is 89.4 Å². The quantitative estimate of drug-likeness (QED) is 0.478. The van der Waals surface area contributed by atoms with E-state index in [0.29, 0.717) is 19.6 Å². The molecule has 2 aliphatic rings. The van der Waals surface area contributed by atoms with Crippen LogP contribution in [0.15, 0.2) is 35.6 Å². The Morgan fingerprint density at radius 1 is 1.20 bits per heavy atom. The first-order valence-corrected chi connectivity index (χ1v) is 14.6. The highest BCUT2D eigenvalue weighted by atomic mass is 32.2. The number of sulfone groups is 1. The molecule has 1 amide bonds. The third-order valence-corrected chi connectivity index (χ3v) is 8.58. The van der Waals surface area contributed by atoms with Gasteiger partial charge in [0.05, 0.1) is 30.3 Å². The van der Waals surface area contributed by atoms with Crippen molar-refractivity contribution >= 4 is 15.7 Å². The van der Waals surface area contributed by atoms with Crippen molar-refractivity contribution in [3.63, 3.8) is 0 Å². The number of aryl methyl sites for hydroxylation is 1. The number of carbonyl (C=O) groups is 1. The van der Waals surface area contributed by atoms with Crippen LogP contribution in [-0.4, -0.2) is 48.0 Å². The fraction of sp³-hybridized carbons (Fsp3) is 0.630. The molecule has 1 aliphatic heterocycles. The van der Waals surface area contributed by atoms with Crippen molar-refractivity contribution < 1.29 is 17.9 Å². The normalized spacial score (nSPS) is 19.0. The molecule has 2 aromatic rings. The zero-order valence-corrected chi connectivity index (χ0v) is 22.1. The Morgan fingerprint density at radius 3 is 2.63 bits per heavy atom. The van der Waals surface area contributed by atoms with Crippen molar-refractivity contribution in [1.29, 1.82) is 0 Å². The van der Waals surface area contributed by atoms with E-state index in [9.17, 15) is 13.2 Å². The number of amides is 1. The average Bonchev–Trinajstić information content (AvgIpc) is 3.55. The van der Waals surface area contributed by atoms with Crippen LogP contribution in [0, 0.1) is 18.8 Å². The van der Waals surface area contributed by atoms with Gasteiger partial charge in [0.15, 0.2) is 0 Å². The molecule has 1 unspecified atom stereocenters. The van der Waals surface area contributed by atoms with E-state index in [1.807, 2.05) is 40.7 Å². The minimum Gasteiger partial charge on any atom is -0.376 e. The van der Waals surface area contributed by atoms with Crippen LogP contribution in [0.4, 0.5) is 0 Å². The summed E-state index contributed by atoms with van der Waals surface area (Å²) in [5, 5.41) is 0.0908. The fourth-order valence-corrected chi connectivity index (χ4v) is 6.79. The van der Waals surface area contributed by atoms with Crippen LogP contribution in [0.1, 0.15) is 69.2 Å². The van der Waals surface area contributed by atoms with Gasteiger partial charge in [-0.3, -0.25) is 4.79 Å². The van der Waals surface area contributed by atoms with Crippen LogP contribution in [0.2, 0.25) is 0 Å². The van der Waals surface area contributed by atoms with Gasteiger partial charge in [0.25, 0.3) is 0 Å². The highest BCUT2D eigenvalue weighted by Crippen LogP contribution is 2.29. The van der Waals surface area contributed by atoms with Gasteiger partial charge in [0, 0.05) is 25.6 Å². The average molecular weight is 502 g/mol. The summed E-state index contributed by atoms with van der Waals surface area (Å²) in [5.41, 5.74) is 2.55. The third-order valence-electron chi connectivity index (χ3n) is 6.98. The molecule has 0 radical (unpaired) electrons. The molecule has 4 rings (SSSR count). The fourth-order valence-electron chi connectivity index (χ4n) is 5.31. The number of benzene rings is 1. The van der Waals surface area contributed by atoms with E-state index in [4.69, 9.17) is 4.74 Å². The van der Waals surface area contributed by atoms with Crippen LogP contribution < -0.4 is 0 Å². The summed E-state index contributed by atoms with van der Waals surface area (Å²) in [7, 11) is -3.66. The Morgan fingerprint density at radius 2 is 1.97 bits per heavy atom. The van der Waals surface area contributed by atoms with Crippen molar-refractivity contribution in [3.8, 4) is 0 Å². The highest BCUT2D eigenvalue weighted by molar-refractivity contribution is 7.90. The minimum atomic E-state index is -3.66. The Hall–Kier alpha value is -2.19. The number of imidazole rings is 1. The SMILES string of the molecule is Cc1cccc(CS(=O)(=O)c2ncc(CN(CC3CCCO3)C(=O)C3CCCC3)n2CC(C)C)c1. The van der Waals surface area contributed by atoms with Crippen LogP contribution in [0.25, 0.3) is 0 Å². The van der Waals surface area contributed by atoms with Gasteiger partial charge in [-0.1, -0.05) is 56.5 Å². The standard InChI is InChI=1S/C27H39N3O4S/c1-20(2)16-30-24(15-28-27(30)35(32,33)19-22-9-6-8-21(3)14-22)17-29(18-25-12-7-13-34-25)26(31)23-10-4-5-11-23/h6,8-9,14-15,20,23,25H,4-5,7,10-13,16-19H2,1-3H3. The second-order valence-corrected chi connectivity index (χ2v) is 12.5. The summed E-state index contributed by atoms with van der Waals surface area (Å²) in [4.78, 5) is 19.8. The molecule has 1 aliphatic carbocycles. The van der Waals surface area contributed by atoms with Gasteiger partial charge in [-0.2, -0.15) is 0 Å². The summed E-state index contributed by atoms with van der Waals surface area (Å²) in [6.45, 7) is 8.26. The van der Waals surface area contributed by atoms with Crippen LogP contribution >= 0.6 is 0 Å². The predicted octanol–water partition coefficient (Wildman–Crippen LogP) is 4.52. The van der Waals surface area contributed by atoms with Crippen molar-refractivity contribution in [2.75, 3.05) is 13.2 Å². The first kappa shape index (κ1) is 25.9. The van der Waals surface area contributed by atoms with Gasteiger partial charge < -0.3 is 14.2 Å². The lowest BCUT2D eigenvalue weighted by molar-refractivity contribution is -0.137. The maximum Gasteiger partial charge on any atom is 0.228 e. The molecule has 1 saturated carbocycles. The number of rotatable bonds is 10. The molecule has 192 valence electrons. The zero-order valence-electron chi connectivity index (χ0n) is 21.3. The first-order valence-electron chi connectivity index (χ1n) is 13.0. The molecule has 1 aromatic carbocycles. The van der Waals surface area contributed by atoms with Crippen LogP contribution in [0.5, 0.6) is 0 Å². The summed E-state index contributed by atoms with van der Waals surface area (Å²) < 4.78 is 34.6. The second kappa shape index (κ2) is 11.2. The molecule has 0 bridgehead atoms. The van der Waals surface area contributed by atoms with Gasteiger partial charge in [0.2, 0.25) is 20.9 Å². The maximum atomic E-state index is 13.5. The predicted molar refractivity (Wildman–Crippen MR) is 135 cm³/mol. The first-order chi connectivity index (χ1) is 16.7. The summed E-state index contributed by atoms with van der Waals surface area (Å²) >= 11 is 0. The molecule has 1 saturated heterocycles. The van der Waals surface area contributed by atoms with E-state index in [1.165, 1.54) is 0 Å². The van der Waals surface area contributed by atoms with E-state index in [2.05, 4.69) is 18.8 Å². The Balaban J connectivity index is 1.62. The maximum absolute atomic E-state index is 13.5. The minimum absolute atomic E-state index is 0.0475. The molecule has 2 fully saturated rings. The van der Waals surface area contributed by atoms with E-state index in [1.54, 1.807) is 6.20 Å². The molecule has 35 heavy (non-hydrogen) atoms. The molecule has 0 N–H and O–H groups in total. The molecule has 1 aromatic heterocycles. The number of nitrogens with zero attached hydrogens (tertiary/aromatic N) is 3. The number of hydrogen-bond acceptors (Lipinski definition) is 5. The van der Waals surface area contributed by atoms with Crippen molar-refractivity contribution in [2.24, 2.45) is 11.8 Å². The van der Waals surface area contributed by atoms with E-state index < -0.39 is 9.84 Å². The number of aromatic nitrogens is 2. The number of ether oxygens (including phenoxy) is 1.